The van der Waals surface area contributed by atoms with Gasteiger partial charge in [-0.25, -0.2) is 0 Å². The van der Waals surface area contributed by atoms with Crippen molar-refractivity contribution in [2.45, 2.75) is 199 Å². The minimum Gasteiger partial charge on any atom is -0.310 e. The van der Waals surface area contributed by atoms with Gasteiger partial charge in [0.05, 0.1) is 11.4 Å². The Bertz CT molecular complexity index is 2370. The van der Waals surface area contributed by atoms with Gasteiger partial charge in [0, 0.05) is 22.7 Å². The van der Waals surface area contributed by atoms with E-state index in [4.69, 9.17) is 0 Å². The summed E-state index contributed by atoms with van der Waals surface area (Å²) >= 11 is 0. The standard InChI is InChI=1S/C66H90N2/c1-17-21-23-25-51(19-3)39-53-41-59(67(57-31-27-45(5)28-32-57)63-47(7)35-55(36-48(63)8)65(11,12)13)44-62-54(40-52(20-4)26-24-22-18-2)42-60(43-61(53)62)68(58-33-29-46(6)30-34-58)64-49(9)37-56(38-50(64)10)66(14,15)16/h27-38,41-44,51-52H,17-26,39-40H2,1-16H3. The molecule has 2 nitrogen and oxygen atoms in total. The lowest BCUT2D eigenvalue weighted by molar-refractivity contribution is 0.443. The van der Waals surface area contributed by atoms with E-state index >= 15 is 0 Å². The second-order valence-corrected chi connectivity index (χ2v) is 23.0. The summed E-state index contributed by atoms with van der Waals surface area (Å²) in [6, 6.07) is 38.7. The zero-order valence-corrected chi connectivity index (χ0v) is 45.8. The third-order valence-electron chi connectivity index (χ3n) is 15.1. The Balaban J connectivity index is 1.74. The molecule has 0 bridgehead atoms. The van der Waals surface area contributed by atoms with Crippen LogP contribution in [0.2, 0.25) is 0 Å². The molecular formula is C66H90N2. The Kier molecular flexibility index (Phi) is 17.6. The molecule has 0 N–H and O–H groups in total. The highest BCUT2D eigenvalue weighted by atomic mass is 15.2. The Hall–Kier alpha value is -4.82. The van der Waals surface area contributed by atoms with E-state index in [1.165, 1.54) is 165 Å². The van der Waals surface area contributed by atoms with Crippen LogP contribution >= 0.6 is 0 Å². The Morgan fingerprint density at radius 1 is 0.397 bits per heavy atom. The van der Waals surface area contributed by atoms with Crippen LogP contribution in [-0.4, -0.2) is 0 Å². The van der Waals surface area contributed by atoms with E-state index in [9.17, 15) is 0 Å². The molecule has 364 valence electrons. The van der Waals surface area contributed by atoms with Crippen molar-refractivity contribution in [1.29, 1.82) is 0 Å². The number of hydrogen-bond donors (Lipinski definition) is 0. The maximum atomic E-state index is 2.61. The fourth-order valence-corrected chi connectivity index (χ4v) is 10.7. The number of hydrogen-bond acceptors (Lipinski definition) is 2. The number of fused-ring (bicyclic) bond motifs is 1. The Labute approximate surface area is 416 Å². The van der Waals surface area contributed by atoms with Crippen LogP contribution < -0.4 is 9.80 Å². The number of nitrogens with zero attached hydrogens (tertiary/aromatic N) is 2. The molecule has 6 rings (SSSR count). The van der Waals surface area contributed by atoms with Crippen LogP contribution in [0.4, 0.5) is 34.1 Å². The normalized spacial score (nSPS) is 13.0. The smallest absolute Gasteiger partial charge is 0.0520 e. The highest BCUT2D eigenvalue weighted by Gasteiger charge is 2.27. The molecule has 2 atom stereocenters. The molecular weight excluding hydrogens is 821 g/mol. The second-order valence-electron chi connectivity index (χ2n) is 23.0. The van der Waals surface area contributed by atoms with Crippen molar-refractivity contribution >= 4 is 44.9 Å². The molecule has 0 fully saturated rings. The molecule has 0 aliphatic heterocycles. The van der Waals surface area contributed by atoms with Gasteiger partial charge in [-0.2, -0.15) is 0 Å². The van der Waals surface area contributed by atoms with Gasteiger partial charge >= 0.3 is 0 Å². The van der Waals surface area contributed by atoms with E-state index in [-0.39, 0.29) is 10.8 Å². The number of aryl methyl sites for hydroxylation is 6. The zero-order valence-electron chi connectivity index (χ0n) is 45.8. The third kappa shape index (κ3) is 12.5. The van der Waals surface area contributed by atoms with Crippen LogP contribution in [0.25, 0.3) is 10.8 Å². The minimum absolute atomic E-state index is 0.0591. The van der Waals surface area contributed by atoms with Crippen molar-refractivity contribution < 1.29 is 0 Å². The van der Waals surface area contributed by atoms with Gasteiger partial charge in [-0.15, -0.1) is 0 Å². The SMILES string of the molecule is CCCCCC(CC)Cc1cc(N(c2ccc(C)cc2)c2c(C)cc(C(C)(C)C)cc2C)cc2c(CC(CC)CCCCC)cc(N(c3ccc(C)cc3)c3c(C)cc(C(C)(C)C)cc3C)cc12. The highest BCUT2D eigenvalue weighted by Crippen LogP contribution is 2.47. The molecule has 0 saturated heterocycles. The summed E-state index contributed by atoms with van der Waals surface area (Å²) in [5, 5.41) is 2.83. The summed E-state index contributed by atoms with van der Waals surface area (Å²) in [5.74, 6) is 1.21. The average Bonchev–Trinajstić information content (AvgIpc) is 3.28. The predicted octanol–water partition coefficient (Wildman–Crippen LogP) is 20.5. The monoisotopic (exact) mass is 911 g/mol. The molecule has 0 radical (unpaired) electrons. The lowest BCUT2D eigenvalue weighted by Crippen LogP contribution is -2.18. The molecule has 68 heavy (non-hydrogen) atoms. The molecule has 2 heteroatoms. The van der Waals surface area contributed by atoms with E-state index in [2.05, 4.69) is 218 Å². The first-order valence-electron chi connectivity index (χ1n) is 26.8. The molecule has 0 saturated carbocycles. The van der Waals surface area contributed by atoms with Crippen molar-refractivity contribution in [2.24, 2.45) is 11.8 Å². The van der Waals surface area contributed by atoms with Crippen molar-refractivity contribution in [3.63, 3.8) is 0 Å². The zero-order chi connectivity index (χ0) is 49.5. The molecule has 2 unspecified atom stereocenters. The number of rotatable bonds is 20. The highest BCUT2D eigenvalue weighted by molar-refractivity contribution is 5.98. The lowest BCUT2D eigenvalue weighted by Gasteiger charge is -2.33. The number of benzene rings is 6. The number of unbranched alkanes of at least 4 members (excludes halogenated alkanes) is 4. The van der Waals surface area contributed by atoms with E-state index in [1.54, 1.807) is 0 Å². The van der Waals surface area contributed by atoms with Crippen LogP contribution in [0.5, 0.6) is 0 Å². The number of anilines is 6. The first-order chi connectivity index (χ1) is 32.3. The summed E-state index contributed by atoms with van der Waals surface area (Å²) in [5.41, 5.74) is 21.2. The summed E-state index contributed by atoms with van der Waals surface area (Å²) in [6.07, 6.45) is 14.7. The molecule has 0 spiro atoms. The van der Waals surface area contributed by atoms with E-state index in [0.717, 1.165) is 12.8 Å². The van der Waals surface area contributed by atoms with Crippen molar-refractivity contribution in [1.82, 2.24) is 0 Å². The van der Waals surface area contributed by atoms with Crippen LogP contribution in [-0.2, 0) is 23.7 Å². The molecule has 0 aliphatic rings. The van der Waals surface area contributed by atoms with Gasteiger partial charge < -0.3 is 9.80 Å². The average molecular weight is 911 g/mol. The van der Waals surface area contributed by atoms with Gasteiger partial charge in [-0.1, -0.05) is 193 Å². The van der Waals surface area contributed by atoms with Crippen LogP contribution in [0.15, 0.2) is 97.1 Å². The molecule has 6 aromatic carbocycles. The van der Waals surface area contributed by atoms with Gasteiger partial charge in [-0.3, -0.25) is 0 Å². The van der Waals surface area contributed by atoms with Crippen LogP contribution in [0.3, 0.4) is 0 Å². The summed E-state index contributed by atoms with van der Waals surface area (Å²) in [4.78, 5) is 5.21. The fraction of sp³-hybridized carbons (Fsp3) is 0.485. The lowest BCUT2D eigenvalue weighted by atomic mass is 9.83. The molecule has 0 amide bonds. The minimum atomic E-state index is 0.0591. The van der Waals surface area contributed by atoms with E-state index < -0.39 is 0 Å². The van der Waals surface area contributed by atoms with Gasteiger partial charge in [0.1, 0.15) is 0 Å². The summed E-state index contributed by atoms with van der Waals surface area (Å²) in [7, 11) is 0. The maximum absolute atomic E-state index is 2.61. The summed E-state index contributed by atoms with van der Waals surface area (Å²) < 4.78 is 0. The van der Waals surface area contributed by atoms with Crippen molar-refractivity contribution in [3.05, 3.63) is 153 Å². The predicted molar refractivity (Wildman–Crippen MR) is 302 cm³/mol. The first kappa shape index (κ1) is 52.5. The molecule has 6 aromatic rings. The van der Waals surface area contributed by atoms with Crippen molar-refractivity contribution in [2.75, 3.05) is 9.80 Å². The molecule has 0 aliphatic carbocycles. The van der Waals surface area contributed by atoms with Crippen molar-refractivity contribution in [3.8, 4) is 0 Å². The fourth-order valence-electron chi connectivity index (χ4n) is 10.7. The van der Waals surface area contributed by atoms with Crippen LogP contribution in [0.1, 0.15) is 189 Å². The largest absolute Gasteiger partial charge is 0.310 e. The summed E-state index contributed by atoms with van der Waals surface area (Å²) in [6.45, 7) is 37.3. The Morgan fingerprint density at radius 3 is 1.00 bits per heavy atom. The molecule has 0 heterocycles. The quantitative estimate of drug-likeness (QED) is 0.0704. The molecule has 0 aromatic heterocycles. The van der Waals surface area contributed by atoms with Gasteiger partial charge in [0.25, 0.3) is 0 Å². The van der Waals surface area contributed by atoms with E-state index in [1.807, 2.05) is 0 Å². The van der Waals surface area contributed by atoms with Gasteiger partial charge in [0.2, 0.25) is 0 Å². The van der Waals surface area contributed by atoms with Crippen LogP contribution in [0, 0.1) is 53.4 Å². The van der Waals surface area contributed by atoms with E-state index in [0.29, 0.717) is 11.8 Å². The topological polar surface area (TPSA) is 6.48 Å². The third-order valence-corrected chi connectivity index (χ3v) is 15.1. The first-order valence-corrected chi connectivity index (χ1v) is 26.8. The van der Waals surface area contributed by atoms with Gasteiger partial charge in [-0.05, 0) is 181 Å². The van der Waals surface area contributed by atoms with Gasteiger partial charge in [0.15, 0.2) is 0 Å². The maximum Gasteiger partial charge on any atom is 0.0520 e. The Morgan fingerprint density at radius 2 is 0.721 bits per heavy atom. The second kappa shape index (κ2) is 22.7.